The smallest absolute Gasteiger partial charge is 0.305 e. The lowest BCUT2D eigenvalue weighted by atomic mass is 9.99. The van der Waals surface area contributed by atoms with E-state index < -0.39 is 0 Å². The normalized spacial score (nSPS) is 12.6. The SMILES string of the molecule is CCCCC/C=C\C/C=C\CCCCCCCC(=O)OCCCCCCCCCCCCCCCC(C)CC. The summed E-state index contributed by atoms with van der Waals surface area (Å²) in [5.41, 5.74) is 0. The molecular weight excluding hydrogens is 476 g/mol. The molecule has 0 spiro atoms. The van der Waals surface area contributed by atoms with Crippen LogP contribution in [0, 0.1) is 5.92 Å². The highest BCUT2D eigenvalue weighted by Gasteiger charge is 2.02. The Morgan fingerprint density at radius 2 is 1.03 bits per heavy atom. The first-order valence-corrected chi connectivity index (χ1v) is 17.7. The van der Waals surface area contributed by atoms with Crippen LogP contribution >= 0.6 is 0 Å². The van der Waals surface area contributed by atoms with Crippen LogP contribution in [-0.4, -0.2) is 12.6 Å². The molecule has 0 aliphatic heterocycles. The second-order valence-corrected chi connectivity index (χ2v) is 12.1. The van der Waals surface area contributed by atoms with Gasteiger partial charge in [-0.15, -0.1) is 0 Å². The summed E-state index contributed by atoms with van der Waals surface area (Å²) in [4.78, 5) is 11.9. The molecule has 0 bridgehead atoms. The average molecular weight is 547 g/mol. The Hall–Kier alpha value is -1.05. The minimum atomic E-state index is 0.0104. The first-order valence-electron chi connectivity index (χ1n) is 17.7. The maximum atomic E-state index is 11.9. The van der Waals surface area contributed by atoms with Crippen molar-refractivity contribution in [2.75, 3.05) is 6.61 Å². The van der Waals surface area contributed by atoms with Gasteiger partial charge in [0.2, 0.25) is 0 Å². The molecule has 0 radical (unpaired) electrons. The molecule has 0 aliphatic rings. The summed E-state index contributed by atoms with van der Waals surface area (Å²) < 4.78 is 5.43. The zero-order chi connectivity index (χ0) is 28.5. The van der Waals surface area contributed by atoms with Gasteiger partial charge < -0.3 is 4.74 Å². The van der Waals surface area contributed by atoms with Crippen molar-refractivity contribution in [1.29, 1.82) is 0 Å². The molecule has 0 aromatic rings. The maximum Gasteiger partial charge on any atom is 0.305 e. The monoisotopic (exact) mass is 547 g/mol. The van der Waals surface area contributed by atoms with E-state index in [0.29, 0.717) is 13.0 Å². The third kappa shape index (κ3) is 33.1. The fraction of sp³-hybridized carbons (Fsp3) is 0.865. The molecule has 0 heterocycles. The first kappa shape index (κ1) is 38.0. The molecule has 39 heavy (non-hydrogen) atoms. The Bertz CT molecular complexity index is 536. The molecule has 0 fully saturated rings. The third-order valence-electron chi connectivity index (χ3n) is 8.13. The number of esters is 1. The van der Waals surface area contributed by atoms with Gasteiger partial charge in [-0.3, -0.25) is 4.79 Å². The second-order valence-electron chi connectivity index (χ2n) is 12.1. The molecule has 1 unspecified atom stereocenters. The minimum Gasteiger partial charge on any atom is -0.466 e. The van der Waals surface area contributed by atoms with Crippen LogP contribution in [0.4, 0.5) is 0 Å². The second kappa shape index (κ2) is 33.2. The Balaban J connectivity index is 3.23. The predicted molar refractivity (Wildman–Crippen MR) is 174 cm³/mol. The van der Waals surface area contributed by atoms with Crippen LogP contribution in [0.15, 0.2) is 24.3 Å². The van der Waals surface area contributed by atoms with E-state index in [1.165, 1.54) is 141 Å². The van der Waals surface area contributed by atoms with Crippen molar-refractivity contribution in [1.82, 2.24) is 0 Å². The third-order valence-corrected chi connectivity index (χ3v) is 8.13. The summed E-state index contributed by atoms with van der Waals surface area (Å²) in [6, 6.07) is 0. The van der Waals surface area contributed by atoms with Crippen molar-refractivity contribution in [3.63, 3.8) is 0 Å². The Morgan fingerprint density at radius 1 is 0.564 bits per heavy atom. The van der Waals surface area contributed by atoms with Crippen molar-refractivity contribution < 1.29 is 9.53 Å². The van der Waals surface area contributed by atoms with Gasteiger partial charge >= 0.3 is 5.97 Å². The van der Waals surface area contributed by atoms with E-state index >= 15 is 0 Å². The molecule has 0 rings (SSSR count). The molecule has 0 N–H and O–H groups in total. The summed E-state index contributed by atoms with van der Waals surface area (Å²) in [5, 5.41) is 0. The molecule has 0 amide bonds. The highest BCUT2D eigenvalue weighted by atomic mass is 16.5. The lowest BCUT2D eigenvalue weighted by Gasteiger charge is -2.07. The van der Waals surface area contributed by atoms with Crippen molar-refractivity contribution in [3.8, 4) is 0 Å². The molecule has 0 aromatic carbocycles. The van der Waals surface area contributed by atoms with Gasteiger partial charge in [0.1, 0.15) is 0 Å². The number of hydrogen-bond donors (Lipinski definition) is 0. The standard InChI is InChI=1S/C37H70O2/c1-4-6-7-8-9-10-11-12-13-16-19-22-25-28-31-34-37(38)39-35-32-29-26-23-20-17-14-15-18-21-24-27-30-33-36(3)5-2/h9-10,12-13,36H,4-8,11,14-35H2,1-3H3/b10-9-,13-12-. The van der Waals surface area contributed by atoms with E-state index in [1.807, 2.05) is 0 Å². The van der Waals surface area contributed by atoms with E-state index in [0.717, 1.165) is 31.6 Å². The molecule has 0 saturated heterocycles. The van der Waals surface area contributed by atoms with E-state index in [4.69, 9.17) is 4.74 Å². The van der Waals surface area contributed by atoms with Gasteiger partial charge in [0.05, 0.1) is 6.61 Å². The number of carbonyl (C=O) groups excluding carboxylic acids is 1. The number of unbranched alkanes of at least 4 members (excludes halogenated alkanes) is 20. The predicted octanol–water partition coefficient (Wildman–Crippen LogP) is 12.9. The van der Waals surface area contributed by atoms with E-state index in [2.05, 4.69) is 45.1 Å². The van der Waals surface area contributed by atoms with Gasteiger partial charge in [-0.1, -0.05) is 167 Å². The summed E-state index contributed by atoms with van der Waals surface area (Å²) in [6.07, 6.45) is 43.7. The van der Waals surface area contributed by atoms with Crippen molar-refractivity contribution in [3.05, 3.63) is 24.3 Å². The fourth-order valence-corrected chi connectivity index (χ4v) is 5.08. The number of allylic oxidation sites excluding steroid dienone is 4. The molecule has 0 saturated carbocycles. The summed E-state index contributed by atoms with van der Waals surface area (Å²) in [7, 11) is 0. The molecule has 2 nitrogen and oxygen atoms in total. The lowest BCUT2D eigenvalue weighted by Crippen LogP contribution is -2.05. The van der Waals surface area contributed by atoms with Gasteiger partial charge in [-0.25, -0.2) is 0 Å². The Morgan fingerprint density at radius 3 is 1.56 bits per heavy atom. The van der Waals surface area contributed by atoms with Crippen LogP contribution in [0.1, 0.15) is 194 Å². The lowest BCUT2D eigenvalue weighted by molar-refractivity contribution is -0.143. The average Bonchev–Trinajstić information content (AvgIpc) is 2.94. The van der Waals surface area contributed by atoms with Crippen molar-refractivity contribution >= 4 is 5.97 Å². The van der Waals surface area contributed by atoms with Gasteiger partial charge in [-0.2, -0.15) is 0 Å². The summed E-state index contributed by atoms with van der Waals surface area (Å²) in [5.74, 6) is 0.932. The topological polar surface area (TPSA) is 26.3 Å². The number of carbonyl (C=O) groups is 1. The molecular formula is C37H70O2. The van der Waals surface area contributed by atoms with Crippen molar-refractivity contribution in [2.45, 2.75) is 194 Å². The van der Waals surface area contributed by atoms with Crippen molar-refractivity contribution in [2.24, 2.45) is 5.92 Å². The highest BCUT2D eigenvalue weighted by molar-refractivity contribution is 5.69. The molecule has 1 atom stereocenters. The fourth-order valence-electron chi connectivity index (χ4n) is 5.08. The van der Waals surface area contributed by atoms with Gasteiger partial charge in [0.25, 0.3) is 0 Å². The first-order chi connectivity index (χ1) is 19.2. The van der Waals surface area contributed by atoms with E-state index in [1.54, 1.807) is 0 Å². The molecule has 0 aromatic heterocycles. The molecule has 2 heteroatoms. The zero-order valence-corrected chi connectivity index (χ0v) is 27.0. The minimum absolute atomic E-state index is 0.0104. The maximum absolute atomic E-state index is 11.9. The van der Waals surface area contributed by atoms with Crippen LogP contribution in [0.25, 0.3) is 0 Å². The summed E-state index contributed by atoms with van der Waals surface area (Å²) in [6.45, 7) is 7.57. The number of rotatable bonds is 31. The number of ether oxygens (including phenoxy) is 1. The highest BCUT2D eigenvalue weighted by Crippen LogP contribution is 2.16. The van der Waals surface area contributed by atoms with Crippen LogP contribution < -0.4 is 0 Å². The zero-order valence-electron chi connectivity index (χ0n) is 27.0. The van der Waals surface area contributed by atoms with Crippen LogP contribution in [0.3, 0.4) is 0 Å². The Kier molecular flexibility index (Phi) is 32.3. The van der Waals surface area contributed by atoms with Crippen LogP contribution in [0.5, 0.6) is 0 Å². The Labute approximate surface area is 246 Å². The van der Waals surface area contributed by atoms with Gasteiger partial charge in [-0.05, 0) is 50.9 Å². The quantitative estimate of drug-likeness (QED) is 0.0491. The van der Waals surface area contributed by atoms with Crippen LogP contribution in [-0.2, 0) is 9.53 Å². The number of hydrogen-bond acceptors (Lipinski definition) is 2. The van der Waals surface area contributed by atoms with Gasteiger partial charge in [0.15, 0.2) is 0 Å². The van der Waals surface area contributed by atoms with E-state index in [-0.39, 0.29) is 5.97 Å². The van der Waals surface area contributed by atoms with E-state index in [9.17, 15) is 4.79 Å². The van der Waals surface area contributed by atoms with Gasteiger partial charge in [0, 0.05) is 6.42 Å². The molecule has 0 aliphatic carbocycles. The summed E-state index contributed by atoms with van der Waals surface area (Å²) >= 11 is 0. The largest absolute Gasteiger partial charge is 0.466 e. The van der Waals surface area contributed by atoms with Crippen LogP contribution in [0.2, 0.25) is 0 Å². The molecule has 230 valence electrons.